The first-order chi connectivity index (χ1) is 12.5. The van der Waals surface area contributed by atoms with Gasteiger partial charge in [0.25, 0.3) is 8.32 Å². The Morgan fingerprint density at radius 2 is 1.70 bits per heavy atom. The molecule has 1 aromatic heterocycles. The molecule has 0 aliphatic carbocycles. The van der Waals surface area contributed by atoms with Crippen molar-refractivity contribution in [3.63, 3.8) is 0 Å². The minimum atomic E-state index is -2.02. The third-order valence-corrected chi connectivity index (χ3v) is 8.73. The number of carbonyl (C=O) groups is 1. The highest BCUT2D eigenvalue weighted by Crippen LogP contribution is 2.40. The number of nitrogens with zero attached hydrogens (tertiary/aromatic N) is 3. The summed E-state index contributed by atoms with van der Waals surface area (Å²) < 4.78 is 11.0. The number of nitrogen functional groups attached to an aromatic ring is 1. The number of nitrogens with two attached hydrogens (primary N) is 2. The fraction of sp³-hybridized carbons (Fsp3) is 0.333. The van der Waals surface area contributed by atoms with E-state index in [4.69, 9.17) is 15.9 Å². The number of amides is 1. The molecular weight excluding hydrogens is 362 g/mol. The van der Waals surface area contributed by atoms with Crippen LogP contribution in [0.5, 0.6) is 11.6 Å². The first-order valence-electron chi connectivity index (χ1n) is 8.43. The van der Waals surface area contributed by atoms with E-state index in [0.29, 0.717) is 17.1 Å². The quantitative estimate of drug-likeness (QED) is 0.556. The molecule has 0 aliphatic rings. The molecule has 0 aliphatic heterocycles. The maximum absolute atomic E-state index is 10.8. The Labute approximate surface area is 159 Å². The van der Waals surface area contributed by atoms with Crippen molar-refractivity contribution in [1.82, 2.24) is 4.98 Å². The largest absolute Gasteiger partial charge is 0.542 e. The fourth-order valence-electron chi connectivity index (χ4n) is 1.86. The second kappa shape index (κ2) is 7.75. The molecule has 0 radical (unpaired) electrons. The van der Waals surface area contributed by atoms with Crippen LogP contribution in [0.2, 0.25) is 18.1 Å². The Bertz CT molecular complexity index is 862. The van der Waals surface area contributed by atoms with Crippen LogP contribution in [0.3, 0.4) is 0 Å². The van der Waals surface area contributed by atoms with Crippen LogP contribution in [0, 0.1) is 0 Å². The van der Waals surface area contributed by atoms with E-state index in [2.05, 4.69) is 53.8 Å². The van der Waals surface area contributed by atoms with Gasteiger partial charge in [0.15, 0.2) is 5.82 Å². The average Bonchev–Trinajstić information content (AvgIpc) is 2.53. The lowest BCUT2D eigenvalue weighted by Gasteiger charge is -2.36. The van der Waals surface area contributed by atoms with Crippen molar-refractivity contribution >= 4 is 31.6 Å². The Morgan fingerprint density at radius 3 is 2.30 bits per heavy atom. The van der Waals surface area contributed by atoms with E-state index >= 15 is 0 Å². The van der Waals surface area contributed by atoms with E-state index in [-0.39, 0.29) is 16.7 Å². The van der Waals surface area contributed by atoms with E-state index in [1.807, 2.05) is 24.3 Å². The monoisotopic (exact) mass is 387 g/mol. The van der Waals surface area contributed by atoms with Gasteiger partial charge in [-0.25, -0.2) is 4.79 Å². The molecule has 0 saturated carbocycles. The van der Waals surface area contributed by atoms with Crippen molar-refractivity contribution in [2.24, 2.45) is 16.0 Å². The van der Waals surface area contributed by atoms with Crippen molar-refractivity contribution in [2.75, 3.05) is 5.73 Å². The summed E-state index contributed by atoms with van der Waals surface area (Å²) in [5.41, 5.74) is 11.7. The summed E-state index contributed by atoms with van der Waals surface area (Å²) in [6, 6.07) is 10.4. The molecule has 144 valence electrons. The first kappa shape index (κ1) is 20.4. The number of anilines is 1. The maximum Gasteiger partial charge on any atom is 0.411 e. The minimum Gasteiger partial charge on any atom is -0.542 e. The molecule has 0 unspecified atom stereocenters. The number of pyridine rings is 1. The molecule has 1 aromatic carbocycles. The summed E-state index contributed by atoms with van der Waals surface area (Å²) in [7, 11) is -2.02. The van der Waals surface area contributed by atoms with E-state index in [9.17, 15) is 4.79 Å². The number of hydrogen-bond acceptors (Lipinski definition) is 7. The standard InChI is InChI=1S/C18H25N5O3Si/c1-18(2,3)27(4,5)26-14-9-7-6-8-12(14)22-23-13-10-11-15(21-16(13)19)25-17(20)24/h6-11H,1-5H3,(H2,19,21)(H2,20,24). The van der Waals surface area contributed by atoms with Crippen molar-refractivity contribution in [3.8, 4) is 11.6 Å². The summed E-state index contributed by atoms with van der Waals surface area (Å²) in [5.74, 6) is 0.744. The number of benzene rings is 1. The predicted molar refractivity (Wildman–Crippen MR) is 107 cm³/mol. The first-order valence-corrected chi connectivity index (χ1v) is 11.3. The van der Waals surface area contributed by atoms with Gasteiger partial charge in [0, 0.05) is 6.07 Å². The van der Waals surface area contributed by atoms with Crippen molar-refractivity contribution in [3.05, 3.63) is 36.4 Å². The second-order valence-corrected chi connectivity index (χ2v) is 12.2. The number of aromatic nitrogens is 1. The lowest BCUT2D eigenvalue weighted by Crippen LogP contribution is -2.43. The van der Waals surface area contributed by atoms with E-state index in [1.54, 1.807) is 6.07 Å². The van der Waals surface area contributed by atoms with Gasteiger partial charge in [-0.2, -0.15) is 4.98 Å². The number of azo groups is 1. The molecule has 0 atom stereocenters. The number of para-hydroxylation sites is 1. The molecule has 27 heavy (non-hydrogen) atoms. The molecule has 1 amide bonds. The molecule has 2 aromatic rings. The molecule has 9 heteroatoms. The maximum atomic E-state index is 10.8. The third-order valence-electron chi connectivity index (χ3n) is 4.38. The lowest BCUT2D eigenvalue weighted by atomic mass is 10.2. The Morgan fingerprint density at radius 1 is 1.07 bits per heavy atom. The zero-order valence-corrected chi connectivity index (χ0v) is 17.2. The van der Waals surface area contributed by atoms with Gasteiger partial charge in [0.2, 0.25) is 5.88 Å². The number of primary amides is 1. The zero-order valence-electron chi connectivity index (χ0n) is 16.2. The SMILES string of the molecule is CC(C)(C)[Si](C)(C)Oc1ccccc1N=Nc1ccc(OC(N)=O)nc1N. The summed E-state index contributed by atoms with van der Waals surface area (Å²) in [6.07, 6.45) is -0.965. The van der Waals surface area contributed by atoms with Crippen molar-refractivity contribution in [1.29, 1.82) is 0 Å². The molecule has 0 bridgehead atoms. The number of rotatable bonds is 5. The van der Waals surface area contributed by atoms with Crippen molar-refractivity contribution < 1.29 is 14.0 Å². The van der Waals surface area contributed by atoms with Gasteiger partial charge in [0.1, 0.15) is 17.1 Å². The van der Waals surface area contributed by atoms with E-state index < -0.39 is 14.4 Å². The zero-order chi connectivity index (χ0) is 20.2. The minimum absolute atomic E-state index is 0.000565. The highest BCUT2D eigenvalue weighted by Gasteiger charge is 2.39. The summed E-state index contributed by atoms with van der Waals surface area (Å²) in [6.45, 7) is 10.9. The smallest absolute Gasteiger partial charge is 0.411 e. The molecule has 0 fully saturated rings. The van der Waals surface area contributed by atoms with Gasteiger partial charge in [-0.15, -0.1) is 10.2 Å². The van der Waals surface area contributed by atoms with E-state index in [0.717, 1.165) is 0 Å². The van der Waals surface area contributed by atoms with Gasteiger partial charge in [-0.3, -0.25) is 0 Å². The Kier molecular flexibility index (Phi) is 5.84. The van der Waals surface area contributed by atoms with Crippen LogP contribution in [0.25, 0.3) is 0 Å². The van der Waals surface area contributed by atoms with Crippen LogP contribution in [-0.2, 0) is 0 Å². The third kappa shape index (κ3) is 5.27. The van der Waals surface area contributed by atoms with Gasteiger partial charge in [-0.05, 0) is 36.3 Å². The summed E-state index contributed by atoms with van der Waals surface area (Å²) >= 11 is 0. The number of carbonyl (C=O) groups excluding carboxylic acids is 1. The number of hydrogen-bond donors (Lipinski definition) is 2. The van der Waals surface area contributed by atoms with Crippen LogP contribution in [0.15, 0.2) is 46.6 Å². The normalized spacial score (nSPS) is 12.2. The van der Waals surface area contributed by atoms with Gasteiger partial charge in [-0.1, -0.05) is 32.9 Å². The molecule has 2 rings (SSSR count). The molecule has 0 spiro atoms. The Hall–Kier alpha value is -2.94. The van der Waals surface area contributed by atoms with Crippen LogP contribution in [0.1, 0.15) is 20.8 Å². The molecule has 0 saturated heterocycles. The van der Waals surface area contributed by atoms with Crippen LogP contribution < -0.4 is 20.6 Å². The molecular formula is C18H25N5O3Si. The highest BCUT2D eigenvalue weighted by atomic mass is 28.4. The second-order valence-electron chi connectivity index (χ2n) is 7.51. The van der Waals surface area contributed by atoms with Crippen LogP contribution >= 0.6 is 0 Å². The van der Waals surface area contributed by atoms with Gasteiger partial charge in [0.05, 0.1) is 0 Å². The summed E-state index contributed by atoms with van der Waals surface area (Å²) in [5, 5.41) is 8.47. The molecule has 8 nitrogen and oxygen atoms in total. The van der Waals surface area contributed by atoms with E-state index in [1.165, 1.54) is 6.07 Å². The average molecular weight is 388 g/mol. The summed E-state index contributed by atoms with van der Waals surface area (Å²) in [4.78, 5) is 14.7. The molecule has 1 heterocycles. The van der Waals surface area contributed by atoms with Crippen LogP contribution in [-0.4, -0.2) is 19.4 Å². The molecule has 4 N–H and O–H groups in total. The van der Waals surface area contributed by atoms with Gasteiger partial charge >= 0.3 is 6.09 Å². The predicted octanol–water partition coefficient (Wildman–Crippen LogP) is 4.92. The van der Waals surface area contributed by atoms with Gasteiger partial charge < -0.3 is 20.6 Å². The van der Waals surface area contributed by atoms with Crippen LogP contribution in [0.4, 0.5) is 22.0 Å². The Balaban J connectivity index is 2.27. The fourth-order valence-corrected chi connectivity index (χ4v) is 2.88. The lowest BCUT2D eigenvalue weighted by molar-refractivity contribution is 0.209. The number of ether oxygens (including phenoxy) is 1. The topological polar surface area (TPSA) is 125 Å². The van der Waals surface area contributed by atoms with Crippen molar-refractivity contribution in [2.45, 2.75) is 38.9 Å². The highest BCUT2D eigenvalue weighted by molar-refractivity contribution is 6.74.